The van der Waals surface area contributed by atoms with Crippen LogP contribution in [0.3, 0.4) is 0 Å². The van der Waals surface area contributed by atoms with Gasteiger partial charge in [-0.2, -0.15) is 8.42 Å². The highest BCUT2D eigenvalue weighted by atomic mass is 32.2. The molecule has 0 aromatic heterocycles. The molecule has 1 aromatic carbocycles. The molecule has 13 nitrogen and oxygen atoms in total. The van der Waals surface area contributed by atoms with Crippen LogP contribution in [-0.4, -0.2) is 79.8 Å². The van der Waals surface area contributed by atoms with Crippen LogP contribution in [0.4, 0.5) is 4.79 Å². The van der Waals surface area contributed by atoms with E-state index in [4.69, 9.17) is 18.4 Å². The Bertz CT molecular complexity index is 1210. The van der Waals surface area contributed by atoms with Crippen molar-refractivity contribution in [3.05, 3.63) is 29.8 Å². The van der Waals surface area contributed by atoms with E-state index in [0.29, 0.717) is 12.8 Å². The highest BCUT2D eigenvalue weighted by Crippen LogP contribution is 2.45. The maximum Gasteiger partial charge on any atom is 0.513 e. The second-order valence-electron chi connectivity index (χ2n) is 10.8. The molecule has 1 aliphatic carbocycles. The lowest BCUT2D eigenvalue weighted by Crippen LogP contribution is -2.62. The van der Waals surface area contributed by atoms with Crippen LogP contribution in [0.15, 0.2) is 24.3 Å². The summed E-state index contributed by atoms with van der Waals surface area (Å²) in [5.74, 6) is -3.89. The van der Waals surface area contributed by atoms with Gasteiger partial charge >= 0.3 is 18.1 Å². The molecule has 0 spiro atoms. The van der Waals surface area contributed by atoms with E-state index in [1.54, 1.807) is 6.92 Å². The Labute approximate surface area is 246 Å². The Balaban J connectivity index is 2.28. The number of aliphatic hydroxyl groups is 1. The number of para-hydroxylation sites is 1. The van der Waals surface area contributed by atoms with Crippen LogP contribution in [0, 0.1) is 11.3 Å². The third-order valence-electron chi connectivity index (χ3n) is 7.38. The van der Waals surface area contributed by atoms with Crippen molar-refractivity contribution in [1.82, 2.24) is 5.32 Å². The SMILES string of the molecule is CCOC(=O)c1ccccc1OC(=O)OC[C@@](O)(C(=O)O)C(C)(C)C(OS(=O)(=O)CCCNC(C)=O)C1CCCCC1. The van der Waals surface area contributed by atoms with E-state index < -0.39 is 63.6 Å². The topological polar surface area (TPSA) is 192 Å². The van der Waals surface area contributed by atoms with E-state index in [2.05, 4.69) is 5.32 Å². The first kappa shape index (κ1) is 35.0. The predicted molar refractivity (Wildman–Crippen MR) is 149 cm³/mol. The highest BCUT2D eigenvalue weighted by Gasteiger charge is 2.58. The molecule has 1 aromatic rings. The molecular weight excluding hydrogens is 574 g/mol. The number of carboxylic acids is 1. The number of hydrogen-bond acceptors (Lipinski definition) is 11. The number of esters is 1. The lowest BCUT2D eigenvalue weighted by atomic mass is 9.65. The molecule has 1 aliphatic rings. The lowest BCUT2D eigenvalue weighted by molar-refractivity contribution is -0.195. The number of carboxylic acid groups (broad SMARTS) is 1. The molecule has 2 rings (SSSR count). The van der Waals surface area contributed by atoms with E-state index in [1.807, 2.05) is 0 Å². The van der Waals surface area contributed by atoms with Crippen molar-refractivity contribution in [2.75, 3.05) is 25.5 Å². The van der Waals surface area contributed by atoms with E-state index in [-0.39, 0.29) is 36.8 Å². The van der Waals surface area contributed by atoms with Gasteiger partial charge in [0.1, 0.15) is 17.9 Å². The van der Waals surface area contributed by atoms with Crippen LogP contribution in [0.2, 0.25) is 0 Å². The van der Waals surface area contributed by atoms with Crippen LogP contribution in [0.5, 0.6) is 5.75 Å². The molecule has 42 heavy (non-hydrogen) atoms. The normalized spacial score (nSPS) is 16.5. The highest BCUT2D eigenvalue weighted by molar-refractivity contribution is 7.86. The van der Waals surface area contributed by atoms with Gasteiger partial charge in [-0.15, -0.1) is 0 Å². The van der Waals surface area contributed by atoms with Crippen molar-refractivity contribution in [3.63, 3.8) is 0 Å². The second-order valence-corrected chi connectivity index (χ2v) is 12.5. The Morgan fingerprint density at radius 2 is 1.71 bits per heavy atom. The average Bonchev–Trinajstić information content (AvgIpc) is 2.93. The summed E-state index contributed by atoms with van der Waals surface area (Å²) in [5, 5.41) is 24.1. The van der Waals surface area contributed by atoms with Crippen molar-refractivity contribution in [2.45, 2.75) is 77.9 Å². The number of benzene rings is 1. The zero-order chi connectivity index (χ0) is 31.6. The molecule has 1 fully saturated rings. The number of carbonyl (C=O) groups excluding carboxylic acids is 3. The summed E-state index contributed by atoms with van der Waals surface area (Å²) in [6.45, 7) is 4.67. The minimum Gasteiger partial charge on any atom is -0.479 e. The molecule has 3 N–H and O–H groups in total. The van der Waals surface area contributed by atoms with Gasteiger partial charge in [-0.1, -0.05) is 45.2 Å². The van der Waals surface area contributed by atoms with E-state index in [0.717, 1.165) is 19.3 Å². The molecule has 2 atom stereocenters. The first-order valence-corrected chi connectivity index (χ1v) is 15.4. The minimum absolute atomic E-state index is 0.0607. The number of carbonyl (C=O) groups is 4. The third kappa shape index (κ3) is 9.39. The molecule has 14 heteroatoms. The Hall–Kier alpha value is -3.23. The van der Waals surface area contributed by atoms with Gasteiger partial charge < -0.3 is 29.7 Å². The van der Waals surface area contributed by atoms with Crippen LogP contribution in [0.25, 0.3) is 0 Å². The maximum atomic E-state index is 13.0. The van der Waals surface area contributed by atoms with Gasteiger partial charge in [0.2, 0.25) is 11.5 Å². The summed E-state index contributed by atoms with van der Waals surface area (Å²) in [6.07, 6.45) is 0.896. The Morgan fingerprint density at radius 1 is 1.07 bits per heavy atom. The van der Waals surface area contributed by atoms with Crippen molar-refractivity contribution < 1.29 is 56.2 Å². The summed E-state index contributed by atoms with van der Waals surface area (Å²) in [4.78, 5) is 48.4. The molecular formula is C28H41NO12S. The van der Waals surface area contributed by atoms with E-state index >= 15 is 0 Å². The molecule has 1 saturated carbocycles. The first-order chi connectivity index (χ1) is 19.6. The first-order valence-electron chi connectivity index (χ1n) is 13.9. The summed E-state index contributed by atoms with van der Waals surface area (Å²) in [6, 6.07) is 5.69. The van der Waals surface area contributed by atoms with Gasteiger partial charge in [0.15, 0.2) is 0 Å². The van der Waals surface area contributed by atoms with Gasteiger partial charge in [0, 0.05) is 18.9 Å². The quantitative estimate of drug-likeness (QED) is 0.113. The number of ether oxygens (including phenoxy) is 3. The van der Waals surface area contributed by atoms with Gasteiger partial charge in [-0.05, 0) is 44.2 Å². The van der Waals surface area contributed by atoms with Gasteiger partial charge in [0.05, 0.1) is 18.5 Å². The van der Waals surface area contributed by atoms with Gasteiger partial charge in [0.25, 0.3) is 10.1 Å². The second kappa shape index (κ2) is 15.3. The molecule has 0 saturated heterocycles. The van der Waals surface area contributed by atoms with Crippen LogP contribution >= 0.6 is 0 Å². The molecule has 236 valence electrons. The summed E-state index contributed by atoms with van der Waals surface area (Å²) in [7, 11) is -4.22. The monoisotopic (exact) mass is 615 g/mol. The predicted octanol–water partition coefficient (Wildman–Crippen LogP) is 3.04. The smallest absolute Gasteiger partial charge is 0.479 e. The number of rotatable bonds is 15. The van der Waals surface area contributed by atoms with E-state index in [9.17, 15) is 37.8 Å². The van der Waals surface area contributed by atoms with Gasteiger partial charge in [-0.3, -0.25) is 8.98 Å². The van der Waals surface area contributed by atoms with E-state index in [1.165, 1.54) is 45.0 Å². The largest absolute Gasteiger partial charge is 0.513 e. The molecule has 0 bridgehead atoms. The summed E-state index contributed by atoms with van der Waals surface area (Å²) in [5.41, 5.74) is -4.67. The third-order valence-corrected chi connectivity index (χ3v) is 8.67. The summed E-state index contributed by atoms with van der Waals surface area (Å²) >= 11 is 0. The van der Waals surface area contributed by atoms with Crippen molar-refractivity contribution >= 4 is 34.1 Å². The van der Waals surface area contributed by atoms with Crippen molar-refractivity contribution in [2.24, 2.45) is 11.3 Å². The number of hydrogen-bond donors (Lipinski definition) is 3. The molecule has 1 unspecified atom stereocenters. The Kier molecular flexibility index (Phi) is 12.7. The average molecular weight is 616 g/mol. The van der Waals surface area contributed by atoms with Crippen LogP contribution in [0.1, 0.15) is 76.6 Å². The maximum absolute atomic E-state index is 13.0. The zero-order valence-electron chi connectivity index (χ0n) is 24.4. The molecule has 0 aliphatic heterocycles. The fourth-order valence-corrected chi connectivity index (χ4v) is 6.23. The van der Waals surface area contributed by atoms with Crippen LogP contribution < -0.4 is 10.1 Å². The molecule has 1 amide bonds. The fraction of sp³-hybridized carbons (Fsp3) is 0.643. The number of nitrogens with one attached hydrogen (secondary N) is 1. The van der Waals surface area contributed by atoms with Crippen molar-refractivity contribution in [3.8, 4) is 5.75 Å². The Morgan fingerprint density at radius 3 is 2.31 bits per heavy atom. The standard InChI is InChI=1S/C28H41NO12S/c1-5-38-24(31)21-14-9-10-15-22(21)40-26(34)39-18-28(35,25(32)33)27(3,4)23(20-12-7-6-8-13-20)41-42(36,37)17-11-16-29-19(2)30/h9-10,14-15,20,23,35H,5-8,11-13,16-18H2,1-4H3,(H,29,30)(H,32,33)/t23?,28-/m1/s1. The van der Waals surface area contributed by atoms with Gasteiger partial charge in [-0.25, -0.2) is 14.4 Å². The summed E-state index contributed by atoms with van der Waals surface area (Å²) < 4.78 is 46.6. The number of amides is 1. The van der Waals surface area contributed by atoms with Crippen LogP contribution in [-0.2, 0) is 33.4 Å². The minimum atomic E-state index is -4.22. The molecule has 0 heterocycles. The molecule has 0 radical (unpaired) electrons. The lowest BCUT2D eigenvalue weighted by Gasteiger charge is -2.46. The van der Waals surface area contributed by atoms with Crippen molar-refractivity contribution in [1.29, 1.82) is 0 Å². The fourth-order valence-electron chi connectivity index (χ4n) is 4.92. The zero-order valence-corrected chi connectivity index (χ0v) is 25.2. The number of aliphatic carboxylic acids is 1.